The van der Waals surface area contributed by atoms with Gasteiger partial charge in [-0.25, -0.2) is 0 Å². The summed E-state index contributed by atoms with van der Waals surface area (Å²) >= 11 is 0. The van der Waals surface area contributed by atoms with Crippen LogP contribution in [-0.2, 0) is 15.8 Å². The molecule has 0 unspecified atom stereocenters. The number of Topliss-reactive ketones (excluding diaryl/α,β-unsaturated/α-hetero) is 1. The van der Waals surface area contributed by atoms with Crippen LogP contribution < -0.4 is 10.2 Å². The van der Waals surface area contributed by atoms with Gasteiger partial charge in [-0.2, -0.15) is 13.2 Å². The van der Waals surface area contributed by atoms with Gasteiger partial charge in [-0.05, 0) is 31.0 Å². The molecule has 1 aliphatic rings. The van der Waals surface area contributed by atoms with Crippen LogP contribution in [0.15, 0.2) is 24.3 Å². The van der Waals surface area contributed by atoms with Crippen molar-refractivity contribution in [3.05, 3.63) is 29.8 Å². The third-order valence-electron chi connectivity index (χ3n) is 4.70. The number of halogens is 3. The lowest BCUT2D eigenvalue weighted by Gasteiger charge is -2.36. The molecule has 0 bridgehead atoms. The number of anilines is 1. The average Bonchev–Trinajstić information content (AvgIpc) is 2.59. The van der Waals surface area contributed by atoms with Gasteiger partial charge in [0.25, 0.3) is 0 Å². The van der Waals surface area contributed by atoms with Crippen molar-refractivity contribution in [3.63, 3.8) is 0 Å². The zero-order valence-corrected chi connectivity index (χ0v) is 15.8. The Morgan fingerprint density at radius 1 is 1.15 bits per heavy atom. The number of carbonyl (C=O) groups excluding carboxylic acids is 2. The number of benzene rings is 1. The first-order valence-corrected chi connectivity index (χ1v) is 9.02. The fourth-order valence-electron chi connectivity index (χ4n) is 3.20. The van der Waals surface area contributed by atoms with Crippen LogP contribution in [0.1, 0.15) is 26.3 Å². The number of hydrogen-bond acceptors (Lipinski definition) is 4. The fourth-order valence-corrected chi connectivity index (χ4v) is 3.20. The SMILES string of the molecule is CC(=O)[C@@H](NC(=O)CN1CCN(c2cccc(C(F)(F)F)c2)CC1)C(C)C. The number of hydrogen-bond donors (Lipinski definition) is 1. The molecule has 1 fully saturated rings. The van der Waals surface area contributed by atoms with Crippen LogP contribution in [0.3, 0.4) is 0 Å². The largest absolute Gasteiger partial charge is 0.416 e. The van der Waals surface area contributed by atoms with Crippen LogP contribution in [-0.4, -0.2) is 55.4 Å². The first-order valence-electron chi connectivity index (χ1n) is 9.02. The van der Waals surface area contributed by atoms with Crippen molar-refractivity contribution in [3.8, 4) is 0 Å². The highest BCUT2D eigenvalue weighted by Crippen LogP contribution is 2.31. The van der Waals surface area contributed by atoms with Crippen molar-refractivity contribution in [2.45, 2.75) is 33.0 Å². The molecule has 1 saturated heterocycles. The van der Waals surface area contributed by atoms with E-state index in [2.05, 4.69) is 5.32 Å². The van der Waals surface area contributed by atoms with Crippen LogP contribution in [0.25, 0.3) is 0 Å². The lowest BCUT2D eigenvalue weighted by atomic mass is 10.0. The van der Waals surface area contributed by atoms with Gasteiger partial charge in [0.1, 0.15) is 0 Å². The predicted molar refractivity (Wildman–Crippen MR) is 97.5 cm³/mol. The first kappa shape index (κ1) is 21.2. The molecule has 1 aliphatic heterocycles. The normalized spacial score (nSPS) is 17.1. The summed E-state index contributed by atoms with van der Waals surface area (Å²) in [5.74, 6) is -0.270. The molecule has 1 heterocycles. The lowest BCUT2D eigenvalue weighted by Crippen LogP contribution is -2.52. The minimum Gasteiger partial charge on any atom is -0.369 e. The summed E-state index contributed by atoms with van der Waals surface area (Å²) in [5.41, 5.74) is -0.129. The molecule has 0 spiro atoms. The van der Waals surface area contributed by atoms with Crippen LogP contribution in [0, 0.1) is 5.92 Å². The van der Waals surface area contributed by atoms with Gasteiger partial charge in [0, 0.05) is 31.9 Å². The standard InChI is InChI=1S/C19H26F3N3O2/c1-13(2)18(14(3)26)23-17(27)12-24-7-9-25(10-8-24)16-6-4-5-15(11-16)19(20,21)22/h4-6,11,13,18H,7-10,12H2,1-3H3,(H,23,27)/t18-/m0/s1. The maximum absolute atomic E-state index is 12.9. The summed E-state index contributed by atoms with van der Waals surface area (Å²) in [5, 5.41) is 2.76. The molecule has 0 aliphatic carbocycles. The zero-order chi connectivity index (χ0) is 20.2. The van der Waals surface area contributed by atoms with Crippen LogP contribution in [0.5, 0.6) is 0 Å². The van der Waals surface area contributed by atoms with E-state index in [4.69, 9.17) is 0 Å². The molecule has 150 valence electrons. The summed E-state index contributed by atoms with van der Waals surface area (Å²) in [4.78, 5) is 27.6. The third kappa shape index (κ3) is 5.95. The van der Waals surface area contributed by atoms with Crippen molar-refractivity contribution in [2.24, 2.45) is 5.92 Å². The minimum atomic E-state index is -4.36. The molecule has 2 rings (SSSR count). The van der Waals surface area contributed by atoms with Crippen molar-refractivity contribution in [1.82, 2.24) is 10.2 Å². The number of ketones is 1. The first-order chi connectivity index (χ1) is 12.6. The number of amides is 1. The van der Waals surface area contributed by atoms with E-state index in [9.17, 15) is 22.8 Å². The number of rotatable bonds is 6. The summed E-state index contributed by atoms with van der Waals surface area (Å²) in [6.45, 7) is 7.59. The summed E-state index contributed by atoms with van der Waals surface area (Å²) in [7, 11) is 0. The molecular formula is C19H26F3N3O2. The van der Waals surface area contributed by atoms with Gasteiger partial charge >= 0.3 is 6.18 Å². The van der Waals surface area contributed by atoms with Gasteiger partial charge in [0.05, 0.1) is 18.2 Å². The molecule has 0 saturated carbocycles. The molecule has 0 radical (unpaired) electrons. The Bertz CT molecular complexity index is 668. The molecule has 0 aromatic heterocycles. The molecule has 1 atom stereocenters. The van der Waals surface area contributed by atoms with E-state index < -0.39 is 17.8 Å². The van der Waals surface area contributed by atoms with Gasteiger partial charge in [-0.3, -0.25) is 14.5 Å². The van der Waals surface area contributed by atoms with Crippen LogP contribution in [0.4, 0.5) is 18.9 Å². The number of alkyl halides is 3. The Morgan fingerprint density at radius 3 is 2.30 bits per heavy atom. The molecular weight excluding hydrogens is 359 g/mol. The second kappa shape index (κ2) is 8.73. The van der Waals surface area contributed by atoms with E-state index in [1.807, 2.05) is 23.6 Å². The highest BCUT2D eigenvalue weighted by atomic mass is 19.4. The maximum atomic E-state index is 12.9. The van der Waals surface area contributed by atoms with Crippen molar-refractivity contribution in [1.29, 1.82) is 0 Å². The molecule has 27 heavy (non-hydrogen) atoms. The Labute approximate surface area is 157 Å². The van der Waals surface area contributed by atoms with E-state index in [0.29, 0.717) is 31.9 Å². The highest BCUT2D eigenvalue weighted by Gasteiger charge is 2.31. The molecule has 5 nitrogen and oxygen atoms in total. The summed E-state index contributed by atoms with van der Waals surface area (Å²) in [6.07, 6.45) is -4.36. The van der Waals surface area contributed by atoms with Gasteiger partial charge < -0.3 is 10.2 Å². The lowest BCUT2D eigenvalue weighted by molar-refractivity contribution is -0.137. The van der Waals surface area contributed by atoms with E-state index in [0.717, 1.165) is 12.1 Å². The third-order valence-corrected chi connectivity index (χ3v) is 4.70. The number of carbonyl (C=O) groups is 2. The topological polar surface area (TPSA) is 52.7 Å². The monoisotopic (exact) mass is 385 g/mol. The number of nitrogens with zero attached hydrogens (tertiary/aromatic N) is 2. The van der Waals surface area contributed by atoms with E-state index >= 15 is 0 Å². The summed E-state index contributed by atoms with van der Waals surface area (Å²) < 4.78 is 38.6. The molecule has 1 N–H and O–H groups in total. The molecule has 8 heteroatoms. The molecule has 1 amide bonds. The van der Waals surface area contributed by atoms with Gasteiger partial charge in [-0.1, -0.05) is 19.9 Å². The molecule has 1 aromatic rings. The Morgan fingerprint density at radius 2 is 1.78 bits per heavy atom. The van der Waals surface area contributed by atoms with Crippen molar-refractivity contribution < 1.29 is 22.8 Å². The van der Waals surface area contributed by atoms with Gasteiger partial charge in [0.15, 0.2) is 5.78 Å². The van der Waals surface area contributed by atoms with E-state index in [-0.39, 0.29) is 24.2 Å². The maximum Gasteiger partial charge on any atom is 0.416 e. The van der Waals surface area contributed by atoms with Crippen LogP contribution >= 0.6 is 0 Å². The Balaban J connectivity index is 1.88. The molecule has 1 aromatic carbocycles. The second-order valence-electron chi connectivity index (χ2n) is 7.21. The fraction of sp³-hybridized carbons (Fsp3) is 0.579. The second-order valence-corrected chi connectivity index (χ2v) is 7.21. The van der Waals surface area contributed by atoms with E-state index in [1.54, 1.807) is 6.07 Å². The number of piperazine rings is 1. The quantitative estimate of drug-likeness (QED) is 0.818. The van der Waals surface area contributed by atoms with Crippen LogP contribution in [0.2, 0.25) is 0 Å². The van der Waals surface area contributed by atoms with E-state index in [1.165, 1.54) is 13.0 Å². The van der Waals surface area contributed by atoms with Gasteiger partial charge in [0.2, 0.25) is 5.91 Å². The van der Waals surface area contributed by atoms with Crippen molar-refractivity contribution >= 4 is 17.4 Å². The Kier molecular flexibility index (Phi) is 6.86. The zero-order valence-electron chi connectivity index (χ0n) is 15.8. The minimum absolute atomic E-state index is 0.0178. The summed E-state index contributed by atoms with van der Waals surface area (Å²) in [6, 6.07) is 4.79. The highest BCUT2D eigenvalue weighted by molar-refractivity contribution is 5.88. The predicted octanol–water partition coefficient (Wildman–Crippen LogP) is 2.56. The smallest absolute Gasteiger partial charge is 0.369 e. The van der Waals surface area contributed by atoms with Crippen molar-refractivity contribution in [2.75, 3.05) is 37.6 Å². The van der Waals surface area contributed by atoms with Gasteiger partial charge in [-0.15, -0.1) is 0 Å². The Hall–Kier alpha value is -2.09. The average molecular weight is 385 g/mol. The number of nitrogens with one attached hydrogen (secondary N) is 1.